The van der Waals surface area contributed by atoms with E-state index in [4.69, 9.17) is 9.15 Å². The van der Waals surface area contributed by atoms with Crippen LogP contribution in [0.3, 0.4) is 0 Å². The predicted molar refractivity (Wildman–Crippen MR) is 63.9 cm³/mol. The van der Waals surface area contributed by atoms with E-state index >= 15 is 0 Å². The molecule has 0 radical (unpaired) electrons. The number of fused-ring (bicyclic) bond motifs is 1. The van der Waals surface area contributed by atoms with Crippen LogP contribution in [0.4, 0.5) is 0 Å². The van der Waals surface area contributed by atoms with Crippen LogP contribution in [0, 0.1) is 0 Å². The maximum atomic E-state index is 11.7. The highest BCUT2D eigenvalue weighted by Crippen LogP contribution is 2.32. The molecule has 5 heteroatoms. The molecular formula is C13H14N2O3. The molecule has 1 unspecified atom stereocenters. The third-order valence-electron chi connectivity index (χ3n) is 3.35. The summed E-state index contributed by atoms with van der Waals surface area (Å²) in [5.74, 6) is 1.11. The molecule has 2 aromatic heterocycles. The van der Waals surface area contributed by atoms with E-state index in [1.165, 1.54) is 7.11 Å². The number of rotatable bonds is 2. The SMILES string of the molecule is COC(=O)C1CCCn2c1cnc2-c1ccco1. The predicted octanol–water partition coefficient (Wildman–Crippen LogP) is 2.19. The Bertz CT molecular complexity index is 557. The molecule has 0 aromatic carbocycles. The number of esters is 1. The highest BCUT2D eigenvalue weighted by molar-refractivity contribution is 5.78. The van der Waals surface area contributed by atoms with Crippen molar-refractivity contribution in [2.45, 2.75) is 25.3 Å². The van der Waals surface area contributed by atoms with Crippen molar-refractivity contribution in [3.63, 3.8) is 0 Å². The minimum Gasteiger partial charge on any atom is -0.469 e. The molecule has 0 bridgehead atoms. The number of aromatic nitrogens is 2. The first-order chi connectivity index (χ1) is 8.81. The molecule has 3 rings (SSSR count). The molecule has 0 spiro atoms. The quantitative estimate of drug-likeness (QED) is 0.762. The van der Waals surface area contributed by atoms with Crippen LogP contribution in [-0.4, -0.2) is 22.6 Å². The fourth-order valence-electron chi connectivity index (χ4n) is 2.49. The lowest BCUT2D eigenvalue weighted by atomic mass is 9.96. The van der Waals surface area contributed by atoms with Crippen molar-refractivity contribution < 1.29 is 13.9 Å². The van der Waals surface area contributed by atoms with Gasteiger partial charge in [-0.3, -0.25) is 4.79 Å². The fourth-order valence-corrected chi connectivity index (χ4v) is 2.49. The van der Waals surface area contributed by atoms with E-state index in [2.05, 4.69) is 4.98 Å². The molecule has 1 aliphatic rings. The van der Waals surface area contributed by atoms with Crippen molar-refractivity contribution >= 4 is 5.97 Å². The van der Waals surface area contributed by atoms with Gasteiger partial charge in [0.1, 0.15) is 0 Å². The molecule has 0 amide bonds. The van der Waals surface area contributed by atoms with Gasteiger partial charge in [-0.2, -0.15) is 0 Å². The molecule has 0 fully saturated rings. The molecule has 2 aromatic rings. The zero-order valence-corrected chi connectivity index (χ0v) is 10.1. The smallest absolute Gasteiger partial charge is 0.314 e. The largest absolute Gasteiger partial charge is 0.469 e. The topological polar surface area (TPSA) is 57.3 Å². The van der Waals surface area contributed by atoms with Gasteiger partial charge in [0.15, 0.2) is 11.6 Å². The minimum atomic E-state index is -0.208. The molecule has 0 saturated carbocycles. The monoisotopic (exact) mass is 246 g/mol. The second-order valence-corrected chi connectivity index (χ2v) is 4.35. The van der Waals surface area contributed by atoms with Crippen molar-refractivity contribution in [2.24, 2.45) is 0 Å². The maximum Gasteiger partial charge on any atom is 0.314 e. The molecule has 0 N–H and O–H groups in total. The van der Waals surface area contributed by atoms with Gasteiger partial charge in [-0.1, -0.05) is 0 Å². The van der Waals surface area contributed by atoms with Crippen LogP contribution >= 0.6 is 0 Å². The standard InChI is InChI=1S/C13H14N2O3/c1-17-13(16)9-4-2-6-15-10(9)8-14-12(15)11-5-3-7-18-11/h3,5,7-9H,2,4,6H2,1H3. The number of ether oxygens (including phenoxy) is 1. The summed E-state index contributed by atoms with van der Waals surface area (Å²) in [7, 11) is 1.42. The summed E-state index contributed by atoms with van der Waals surface area (Å²) in [6.07, 6.45) is 5.13. The van der Waals surface area contributed by atoms with Gasteiger partial charge in [0.2, 0.25) is 0 Å². The molecule has 5 nitrogen and oxygen atoms in total. The zero-order valence-electron chi connectivity index (χ0n) is 10.1. The Balaban J connectivity index is 2.03. The van der Waals surface area contributed by atoms with Crippen LogP contribution < -0.4 is 0 Å². The van der Waals surface area contributed by atoms with Crippen molar-refractivity contribution in [1.29, 1.82) is 0 Å². The molecular weight excluding hydrogens is 232 g/mol. The first kappa shape index (κ1) is 11.1. The lowest BCUT2D eigenvalue weighted by Crippen LogP contribution is -2.23. The Labute approximate surface area is 104 Å². The normalized spacial score (nSPS) is 18.4. The minimum absolute atomic E-state index is 0.193. The van der Waals surface area contributed by atoms with E-state index in [-0.39, 0.29) is 11.9 Å². The van der Waals surface area contributed by atoms with Crippen molar-refractivity contribution in [1.82, 2.24) is 9.55 Å². The second-order valence-electron chi connectivity index (χ2n) is 4.35. The first-order valence-corrected chi connectivity index (χ1v) is 5.98. The van der Waals surface area contributed by atoms with Crippen LogP contribution in [0.1, 0.15) is 24.5 Å². The fraction of sp³-hybridized carbons (Fsp3) is 0.385. The highest BCUT2D eigenvalue weighted by Gasteiger charge is 2.30. The van der Waals surface area contributed by atoms with Crippen LogP contribution in [0.15, 0.2) is 29.0 Å². The summed E-state index contributed by atoms with van der Waals surface area (Å²) in [5, 5.41) is 0. The van der Waals surface area contributed by atoms with E-state index in [1.54, 1.807) is 12.5 Å². The third kappa shape index (κ3) is 1.63. The number of methoxy groups -OCH3 is 1. The number of carbonyl (C=O) groups is 1. The van der Waals surface area contributed by atoms with Crippen LogP contribution in [0.5, 0.6) is 0 Å². The number of nitrogens with zero attached hydrogens (tertiary/aromatic N) is 2. The average Bonchev–Trinajstić information content (AvgIpc) is 3.05. The summed E-state index contributed by atoms with van der Waals surface area (Å²) in [6, 6.07) is 3.70. The molecule has 18 heavy (non-hydrogen) atoms. The summed E-state index contributed by atoms with van der Waals surface area (Å²) >= 11 is 0. The number of hydrogen-bond acceptors (Lipinski definition) is 4. The van der Waals surface area contributed by atoms with Crippen LogP contribution in [0.25, 0.3) is 11.6 Å². The van der Waals surface area contributed by atoms with Gasteiger partial charge in [0, 0.05) is 12.7 Å². The molecule has 1 atom stereocenters. The van der Waals surface area contributed by atoms with Crippen LogP contribution in [-0.2, 0) is 16.1 Å². The summed E-state index contributed by atoms with van der Waals surface area (Å²) in [4.78, 5) is 16.1. The molecule has 0 saturated heterocycles. The van der Waals surface area contributed by atoms with Crippen molar-refractivity contribution in [3.05, 3.63) is 30.3 Å². The Morgan fingerprint density at radius 1 is 1.61 bits per heavy atom. The van der Waals surface area contributed by atoms with Gasteiger partial charge in [-0.15, -0.1) is 0 Å². The van der Waals surface area contributed by atoms with E-state index < -0.39 is 0 Å². The zero-order chi connectivity index (χ0) is 12.5. The Hall–Kier alpha value is -2.04. The van der Waals surface area contributed by atoms with Crippen molar-refractivity contribution in [3.8, 4) is 11.6 Å². The van der Waals surface area contributed by atoms with Gasteiger partial charge in [-0.25, -0.2) is 4.98 Å². The molecule has 3 heterocycles. The Kier molecular flexibility index (Phi) is 2.66. The Morgan fingerprint density at radius 3 is 3.22 bits per heavy atom. The lowest BCUT2D eigenvalue weighted by molar-refractivity contribution is -0.143. The third-order valence-corrected chi connectivity index (χ3v) is 3.35. The first-order valence-electron chi connectivity index (χ1n) is 5.98. The van der Waals surface area contributed by atoms with Gasteiger partial charge in [0.05, 0.1) is 25.0 Å². The van der Waals surface area contributed by atoms with Gasteiger partial charge < -0.3 is 13.7 Å². The molecule has 0 aliphatic carbocycles. The van der Waals surface area contributed by atoms with E-state index in [0.717, 1.165) is 36.7 Å². The summed E-state index contributed by atoms with van der Waals surface area (Å²) in [5.41, 5.74) is 0.916. The van der Waals surface area contributed by atoms with Gasteiger partial charge in [-0.05, 0) is 25.0 Å². The average molecular weight is 246 g/mol. The van der Waals surface area contributed by atoms with Crippen molar-refractivity contribution in [2.75, 3.05) is 7.11 Å². The van der Waals surface area contributed by atoms with Gasteiger partial charge >= 0.3 is 5.97 Å². The van der Waals surface area contributed by atoms with E-state index in [9.17, 15) is 4.79 Å². The summed E-state index contributed by atoms with van der Waals surface area (Å²) < 4.78 is 12.3. The number of carbonyl (C=O) groups excluding carboxylic acids is 1. The number of hydrogen-bond donors (Lipinski definition) is 0. The maximum absolute atomic E-state index is 11.7. The van der Waals surface area contributed by atoms with E-state index in [0.29, 0.717) is 0 Å². The van der Waals surface area contributed by atoms with Gasteiger partial charge in [0.25, 0.3) is 0 Å². The Morgan fingerprint density at radius 2 is 2.50 bits per heavy atom. The highest BCUT2D eigenvalue weighted by atomic mass is 16.5. The number of imidazole rings is 1. The second kappa shape index (κ2) is 4.33. The molecule has 1 aliphatic heterocycles. The molecule has 94 valence electrons. The van der Waals surface area contributed by atoms with E-state index in [1.807, 2.05) is 16.7 Å². The lowest BCUT2D eigenvalue weighted by Gasteiger charge is -2.22. The summed E-state index contributed by atoms with van der Waals surface area (Å²) in [6.45, 7) is 0.860. The van der Waals surface area contributed by atoms with Crippen LogP contribution in [0.2, 0.25) is 0 Å². The number of furan rings is 1.